The van der Waals surface area contributed by atoms with Crippen LogP contribution in [0.5, 0.6) is 0 Å². The van der Waals surface area contributed by atoms with E-state index in [9.17, 15) is 79.4 Å². The number of alkyl halides is 17. The molecule has 0 bridgehead atoms. The summed E-state index contributed by atoms with van der Waals surface area (Å²) in [5, 5.41) is 0. The van der Waals surface area contributed by atoms with Crippen LogP contribution in [0.2, 0.25) is 0 Å². The number of unbranched alkanes of at least 4 members (excludes halogenated alkanes) is 4. The third-order valence-electron chi connectivity index (χ3n) is 4.46. The maximum absolute atomic E-state index is 13.6. The summed E-state index contributed by atoms with van der Waals surface area (Å²) in [5.74, 6) is -54.7. The molecule has 0 amide bonds. The average molecular weight is 544 g/mol. The van der Waals surface area contributed by atoms with E-state index in [0.29, 0.717) is 0 Å². The maximum atomic E-state index is 13.6. The van der Waals surface area contributed by atoms with Gasteiger partial charge >= 0.3 is 47.6 Å². The first kappa shape index (κ1) is 32.3. The molecule has 0 aliphatic rings. The summed E-state index contributed by atoms with van der Waals surface area (Å²) >= 11 is 0. The smallest absolute Gasteiger partial charge is 0.234 e. The first-order valence-corrected chi connectivity index (χ1v) is 8.72. The van der Waals surface area contributed by atoms with Gasteiger partial charge in [-0.25, -0.2) is 4.79 Å². The molecule has 18 heteroatoms. The fourth-order valence-corrected chi connectivity index (χ4v) is 2.36. The summed E-state index contributed by atoms with van der Waals surface area (Å²) in [6, 6.07) is 0. The van der Waals surface area contributed by atoms with Gasteiger partial charge in [0.1, 0.15) is 5.94 Å². The highest BCUT2D eigenvalue weighted by molar-refractivity contribution is 5.44. The van der Waals surface area contributed by atoms with Crippen molar-refractivity contribution in [2.75, 3.05) is 0 Å². The molecule has 0 fully saturated rings. The fourth-order valence-electron chi connectivity index (χ4n) is 2.36. The number of hydrogen-bond acceptors (Lipinski definition) is 1. The third-order valence-corrected chi connectivity index (χ3v) is 4.46. The van der Waals surface area contributed by atoms with E-state index < -0.39 is 66.9 Å². The van der Waals surface area contributed by atoms with Gasteiger partial charge in [0.25, 0.3) is 0 Å². The van der Waals surface area contributed by atoms with Crippen LogP contribution in [-0.2, 0) is 4.79 Å². The molecule has 0 atom stereocenters. The van der Waals surface area contributed by atoms with Crippen molar-refractivity contribution in [1.82, 2.24) is 0 Å². The molecule has 0 N–H and O–H groups in total. The molecule has 0 heterocycles. The van der Waals surface area contributed by atoms with Gasteiger partial charge in [-0.1, -0.05) is 12.8 Å². The van der Waals surface area contributed by atoms with Gasteiger partial charge in [0.2, 0.25) is 0 Å². The molecule has 202 valence electrons. The Kier molecular flexibility index (Phi) is 9.22. The highest BCUT2D eigenvalue weighted by atomic mass is 19.4. The van der Waals surface area contributed by atoms with Crippen molar-refractivity contribution in [1.29, 1.82) is 0 Å². The molecular weight excluding hydrogens is 531 g/mol. The van der Waals surface area contributed by atoms with Crippen LogP contribution in [0.25, 0.3) is 0 Å². The zero-order valence-corrected chi connectivity index (χ0v) is 16.2. The molecule has 0 radical (unpaired) electrons. The van der Waals surface area contributed by atoms with E-state index in [1.165, 1.54) is 5.94 Å². The highest BCUT2D eigenvalue weighted by Gasteiger charge is 2.95. The quantitative estimate of drug-likeness (QED) is 0.132. The standard InChI is InChI=1S/C16H13F17O/c17-9(18,7-5-3-1-2-4-6-8-34)10(19,20)11(21,22)12(23,24)13(25,26)14(27,28)15(29,30)16(31,32)33/h6H,1-5,7H2. The Balaban J connectivity index is 6.04. The van der Waals surface area contributed by atoms with E-state index in [0.717, 1.165) is 6.08 Å². The minimum absolute atomic E-state index is 0.0200. The lowest BCUT2D eigenvalue weighted by molar-refractivity contribution is -0.461. The summed E-state index contributed by atoms with van der Waals surface area (Å²) in [6.07, 6.45) is -11.0. The minimum atomic E-state index is -8.60. The maximum Gasteiger partial charge on any atom is 0.460 e. The largest absolute Gasteiger partial charge is 0.460 e. The molecule has 0 aromatic heterocycles. The van der Waals surface area contributed by atoms with Crippen LogP contribution in [0.4, 0.5) is 74.6 Å². The van der Waals surface area contributed by atoms with E-state index >= 15 is 0 Å². The van der Waals surface area contributed by atoms with Gasteiger partial charge < -0.3 is 0 Å². The lowest BCUT2D eigenvalue weighted by Crippen LogP contribution is -2.74. The van der Waals surface area contributed by atoms with E-state index in [1.54, 1.807) is 0 Å². The van der Waals surface area contributed by atoms with Gasteiger partial charge in [0.05, 0.1) is 0 Å². The monoisotopic (exact) mass is 544 g/mol. The average Bonchev–Trinajstić information content (AvgIpc) is 2.65. The molecule has 0 aromatic rings. The molecule has 0 saturated carbocycles. The van der Waals surface area contributed by atoms with Crippen molar-refractivity contribution < 1.29 is 79.4 Å². The van der Waals surface area contributed by atoms with Crippen molar-refractivity contribution in [3.8, 4) is 0 Å². The van der Waals surface area contributed by atoms with Gasteiger partial charge in [-0.05, 0) is 25.3 Å². The lowest BCUT2D eigenvalue weighted by atomic mass is 9.87. The Labute approximate surface area is 178 Å². The van der Waals surface area contributed by atoms with Crippen molar-refractivity contribution in [3.05, 3.63) is 6.08 Å². The Bertz CT molecular complexity index is 730. The van der Waals surface area contributed by atoms with Crippen molar-refractivity contribution >= 4 is 5.94 Å². The number of halogens is 17. The van der Waals surface area contributed by atoms with Crippen LogP contribution in [0.1, 0.15) is 38.5 Å². The Morgan fingerprint density at radius 2 is 0.824 bits per heavy atom. The van der Waals surface area contributed by atoms with Crippen LogP contribution < -0.4 is 0 Å². The normalized spacial score (nSPS) is 15.3. The van der Waals surface area contributed by atoms with Crippen molar-refractivity contribution in [2.24, 2.45) is 0 Å². The second-order valence-corrected chi connectivity index (χ2v) is 6.92. The van der Waals surface area contributed by atoms with Gasteiger partial charge in [0.15, 0.2) is 0 Å². The highest BCUT2D eigenvalue weighted by Crippen LogP contribution is 2.64. The first-order chi connectivity index (χ1) is 14.8. The molecule has 0 saturated heterocycles. The molecule has 0 spiro atoms. The molecule has 0 aromatic carbocycles. The molecule has 0 unspecified atom stereocenters. The number of carbonyl (C=O) groups excluding carboxylic acids is 1. The number of rotatable bonds is 13. The lowest BCUT2D eigenvalue weighted by Gasteiger charge is -2.42. The van der Waals surface area contributed by atoms with Crippen molar-refractivity contribution in [2.45, 2.75) is 86.2 Å². The zero-order chi connectivity index (χ0) is 27.7. The van der Waals surface area contributed by atoms with Crippen LogP contribution in [0, 0.1) is 0 Å². The molecular formula is C16H13F17O. The Morgan fingerprint density at radius 1 is 0.471 bits per heavy atom. The molecule has 0 rings (SSSR count). The zero-order valence-electron chi connectivity index (χ0n) is 16.2. The summed E-state index contributed by atoms with van der Waals surface area (Å²) in [4.78, 5) is 9.85. The topological polar surface area (TPSA) is 17.1 Å². The van der Waals surface area contributed by atoms with Crippen molar-refractivity contribution in [3.63, 3.8) is 0 Å². The van der Waals surface area contributed by atoms with E-state index in [-0.39, 0.29) is 19.3 Å². The van der Waals surface area contributed by atoms with Gasteiger partial charge in [-0.3, -0.25) is 0 Å². The molecule has 0 aliphatic carbocycles. The second-order valence-electron chi connectivity index (χ2n) is 6.92. The summed E-state index contributed by atoms with van der Waals surface area (Å²) in [7, 11) is 0. The molecule has 34 heavy (non-hydrogen) atoms. The Hall–Kier alpha value is -1.74. The fraction of sp³-hybridized carbons (Fsp3) is 0.875. The molecule has 0 aliphatic heterocycles. The van der Waals surface area contributed by atoms with Crippen LogP contribution >= 0.6 is 0 Å². The minimum Gasteiger partial charge on any atom is -0.234 e. The third kappa shape index (κ3) is 5.10. The second kappa shape index (κ2) is 9.72. The summed E-state index contributed by atoms with van der Waals surface area (Å²) in [5.41, 5.74) is 0. The predicted molar refractivity (Wildman–Crippen MR) is 78.6 cm³/mol. The molecule has 1 nitrogen and oxygen atoms in total. The van der Waals surface area contributed by atoms with Gasteiger partial charge in [-0.15, -0.1) is 0 Å². The first-order valence-electron chi connectivity index (χ1n) is 8.72. The predicted octanol–water partition coefficient (Wildman–Crippen LogP) is 7.72. The Morgan fingerprint density at radius 3 is 1.21 bits per heavy atom. The number of hydrogen-bond donors (Lipinski definition) is 0. The van der Waals surface area contributed by atoms with Crippen LogP contribution in [0.15, 0.2) is 6.08 Å². The summed E-state index contributed by atoms with van der Waals surface area (Å²) < 4.78 is 222. The van der Waals surface area contributed by atoms with Crippen LogP contribution in [-0.4, -0.2) is 53.6 Å². The van der Waals surface area contributed by atoms with E-state index in [2.05, 4.69) is 0 Å². The van der Waals surface area contributed by atoms with Crippen LogP contribution in [0.3, 0.4) is 0 Å². The van der Waals surface area contributed by atoms with E-state index in [4.69, 9.17) is 0 Å². The number of allylic oxidation sites excluding steroid dienone is 1. The van der Waals surface area contributed by atoms with Gasteiger partial charge in [0, 0.05) is 6.42 Å². The summed E-state index contributed by atoms with van der Waals surface area (Å²) in [6.45, 7) is 0. The SMILES string of the molecule is O=C=CCCCCCCC(F)(F)C(F)(F)C(F)(F)C(F)(F)C(F)(F)C(F)(F)C(F)(F)C(F)(F)F. The van der Waals surface area contributed by atoms with E-state index in [1.807, 2.05) is 0 Å². The van der Waals surface area contributed by atoms with Gasteiger partial charge in [-0.2, -0.15) is 74.6 Å².